The summed E-state index contributed by atoms with van der Waals surface area (Å²) in [4.78, 5) is 4.55. The molecule has 1 atom stereocenters. The van der Waals surface area contributed by atoms with Crippen molar-refractivity contribution in [2.75, 3.05) is 11.1 Å². The number of hydrogen-bond donors (Lipinski definition) is 2. The van der Waals surface area contributed by atoms with Crippen molar-refractivity contribution in [1.29, 1.82) is 0 Å². The van der Waals surface area contributed by atoms with E-state index in [2.05, 4.69) is 79.9 Å². The molecule has 4 rings (SSSR count). The van der Waals surface area contributed by atoms with Crippen LogP contribution in [-0.2, 0) is 6.54 Å². The van der Waals surface area contributed by atoms with Crippen molar-refractivity contribution in [3.05, 3.63) is 76.4 Å². The summed E-state index contributed by atoms with van der Waals surface area (Å²) >= 11 is 3.44. The molecule has 3 aromatic rings. The first-order chi connectivity index (χ1) is 12.2. The fraction of sp³-hybridized carbons (Fsp3) is 0.158. The third-order valence-electron chi connectivity index (χ3n) is 4.32. The molecule has 1 unspecified atom stereocenters. The number of fused-ring (bicyclic) bond motifs is 1. The van der Waals surface area contributed by atoms with Crippen molar-refractivity contribution in [3.8, 4) is 0 Å². The van der Waals surface area contributed by atoms with Crippen LogP contribution in [-0.4, -0.2) is 14.6 Å². The Balaban J connectivity index is 1.47. The van der Waals surface area contributed by atoms with E-state index in [0.29, 0.717) is 23.9 Å². The van der Waals surface area contributed by atoms with Crippen LogP contribution in [0.3, 0.4) is 0 Å². The van der Waals surface area contributed by atoms with Crippen LogP contribution in [0.2, 0.25) is 0 Å². The van der Waals surface area contributed by atoms with E-state index in [9.17, 15) is 0 Å². The van der Waals surface area contributed by atoms with Crippen LogP contribution in [0.5, 0.6) is 0 Å². The molecule has 1 aliphatic rings. The van der Waals surface area contributed by atoms with Crippen molar-refractivity contribution in [3.63, 3.8) is 0 Å². The number of benzene rings is 1. The van der Waals surface area contributed by atoms with Crippen LogP contribution in [0, 0.1) is 0 Å². The number of nitrogens with zero attached hydrogens (tertiary/aromatic N) is 3. The van der Waals surface area contributed by atoms with Gasteiger partial charge in [0.05, 0.1) is 10.7 Å². The Labute approximate surface area is 154 Å². The van der Waals surface area contributed by atoms with Crippen LogP contribution >= 0.6 is 15.9 Å². The topological polar surface area (TPSA) is 68.2 Å². The van der Waals surface area contributed by atoms with Gasteiger partial charge < -0.3 is 11.1 Å². The number of nitrogens with one attached hydrogen (secondary N) is 1. The molecule has 126 valence electrons. The van der Waals surface area contributed by atoms with Gasteiger partial charge in [0.1, 0.15) is 11.6 Å². The lowest BCUT2D eigenvalue weighted by Crippen LogP contribution is -2.06. The lowest BCUT2D eigenvalue weighted by atomic mass is 9.92. The lowest BCUT2D eigenvalue weighted by Gasteiger charge is -2.14. The second kappa shape index (κ2) is 6.72. The summed E-state index contributed by atoms with van der Waals surface area (Å²) < 4.78 is 2.43. The summed E-state index contributed by atoms with van der Waals surface area (Å²) in [5.41, 5.74) is 9.28. The molecule has 1 aromatic carbocycles. The third-order valence-corrected chi connectivity index (χ3v) is 4.88. The van der Waals surface area contributed by atoms with Gasteiger partial charge in [0, 0.05) is 18.5 Å². The molecule has 0 bridgehead atoms. The highest BCUT2D eigenvalue weighted by Crippen LogP contribution is 2.25. The number of anilines is 2. The predicted molar refractivity (Wildman–Crippen MR) is 105 cm³/mol. The summed E-state index contributed by atoms with van der Waals surface area (Å²) in [6.07, 6.45) is 11.4. The molecule has 0 radical (unpaired) electrons. The van der Waals surface area contributed by atoms with Gasteiger partial charge in [0.15, 0.2) is 5.65 Å². The van der Waals surface area contributed by atoms with E-state index in [1.807, 2.05) is 0 Å². The maximum Gasteiger partial charge on any atom is 0.173 e. The van der Waals surface area contributed by atoms with Gasteiger partial charge in [0.25, 0.3) is 0 Å². The predicted octanol–water partition coefficient (Wildman–Crippen LogP) is 4.29. The van der Waals surface area contributed by atoms with Gasteiger partial charge in [-0.15, -0.1) is 0 Å². The Bertz CT molecular complexity index is 956. The van der Waals surface area contributed by atoms with Crippen LogP contribution in [0.1, 0.15) is 23.5 Å². The number of allylic oxidation sites excluding steroid dienone is 4. The van der Waals surface area contributed by atoms with E-state index in [0.717, 1.165) is 16.7 Å². The highest BCUT2D eigenvalue weighted by molar-refractivity contribution is 9.10. The number of nitrogen functional groups attached to an aromatic ring is 1. The Morgan fingerprint density at radius 1 is 1.24 bits per heavy atom. The summed E-state index contributed by atoms with van der Waals surface area (Å²) in [6, 6.07) is 10.5. The molecular formula is C19H18BrN5. The minimum Gasteiger partial charge on any atom is -0.383 e. The van der Waals surface area contributed by atoms with Gasteiger partial charge in [-0.2, -0.15) is 9.61 Å². The lowest BCUT2D eigenvalue weighted by molar-refractivity contribution is 0.852. The standard InChI is InChI=1S/C19H18BrN5/c20-16-12-23-25-17(21)10-18(24-19(16)25)22-11-13-6-8-15(9-7-13)14-4-2-1-3-5-14/h1-4,6-10,12,14H,5,11,21H2,(H,22,24). The number of hydrogen-bond acceptors (Lipinski definition) is 4. The highest BCUT2D eigenvalue weighted by Gasteiger charge is 2.09. The van der Waals surface area contributed by atoms with Crippen LogP contribution in [0.15, 0.2) is 65.3 Å². The minimum atomic E-state index is 0.482. The Morgan fingerprint density at radius 3 is 2.84 bits per heavy atom. The smallest absolute Gasteiger partial charge is 0.173 e. The molecule has 1 aliphatic carbocycles. The van der Waals surface area contributed by atoms with E-state index in [1.54, 1.807) is 16.8 Å². The van der Waals surface area contributed by atoms with Gasteiger partial charge in [-0.1, -0.05) is 48.6 Å². The van der Waals surface area contributed by atoms with Crippen LogP contribution in [0.4, 0.5) is 11.6 Å². The number of halogens is 1. The second-order valence-corrected chi connectivity index (χ2v) is 6.90. The third kappa shape index (κ3) is 3.30. The fourth-order valence-corrected chi connectivity index (χ4v) is 3.30. The van der Waals surface area contributed by atoms with Gasteiger partial charge in [0.2, 0.25) is 0 Å². The summed E-state index contributed by atoms with van der Waals surface area (Å²) in [5, 5.41) is 7.51. The maximum absolute atomic E-state index is 6.03. The first-order valence-electron chi connectivity index (χ1n) is 8.16. The van der Waals surface area contributed by atoms with E-state index in [1.165, 1.54) is 11.1 Å². The molecule has 6 heteroatoms. The Morgan fingerprint density at radius 2 is 2.08 bits per heavy atom. The molecule has 0 fully saturated rings. The van der Waals surface area contributed by atoms with E-state index < -0.39 is 0 Å². The SMILES string of the molecule is Nc1cc(NCc2ccc(C3C=CC=CC3)cc2)nc2c(Br)cnn12. The van der Waals surface area contributed by atoms with E-state index in [4.69, 9.17) is 5.73 Å². The second-order valence-electron chi connectivity index (χ2n) is 6.04. The number of aromatic nitrogens is 3. The molecule has 0 saturated heterocycles. The molecule has 25 heavy (non-hydrogen) atoms. The van der Waals surface area contributed by atoms with Crippen LogP contribution < -0.4 is 11.1 Å². The quantitative estimate of drug-likeness (QED) is 0.691. The zero-order valence-electron chi connectivity index (χ0n) is 13.6. The van der Waals surface area contributed by atoms with Crippen molar-refractivity contribution < 1.29 is 0 Å². The van der Waals surface area contributed by atoms with Gasteiger partial charge in [-0.3, -0.25) is 0 Å². The molecule has 5 nitrogen and oxygen atoms in total. The van der Waals surface area contributed by atoms with Crippen LogP contribution in [0.25, 0.3) is 5.65 Å². The molecule has 0 aliphatic heterocycles. The fourth-order valence-electron chi connectivity index (χ4n) is 2.95. The highest BCUT2D eigenvalue weighted by atomic mass is 79.9. The molecule has 3 N–H and O–H groups in total. The van der Waals surface area contributed by atoms with E-state index >= 15 is 0 Å². The number of rotatable bonds is 4. The first kappa shape index (κ1) is 15.9. The average Bonchev–Trinajstić information content (AvgIpc) is 3.03. The summed E-state index contributed by atoms with van der Waals surface area (Å²) in [6.45, 7) is 0.690. The zero-order chi connectivity index (χ0) is 17.2. The zero-order valence-corrected chi connectivity index (χ0v) is 15.1. The van der Waals surface area contributed by atoms with Crippen molar-refractivity contribution >= 4 is 33.2 Å². The van der Waals surface area contributed by atoms with Crippen molar-refractivity contribution in [1.82, 2.24) is 14.6 Å². The number of nitrogens with two attached hydrogens (primary N) is 1. The van der Waals surface area contributed by atoms with Gasteiger partial charge >= 0.3 is 0 Å². The van der Waals surface area contributed by atoms with Gasteiger partial charge in [-0.25, -0.2) is 4.98 Å². The minimum absolute atomic E-state index is 0.482. The molecule has 0 spiro atoms. The first-order valence-corrected chi connectivity index (χ1v) is 8.96. The molecule has 0 saturated carbocycles. The average molecular weight is 396 g/mol. The molecule has 0 amide bonds. The monoisotopic (exact) mass is 395 g/mol. The summed E-state index contributed by atoms with van der Waals surface area (Å²) in [5.74, 6) is 1.76. The van der Waals surface area contributed by atoms with E-state index in [-0.39, 0.29) is 0 Å². The maximum atomic E-state index is 6.03. The largest absolute Gasteiger partial charge is 0.383 e. The Hall–Kier alpha value is -2.60. The van der Waals surface area contributed by atoms with Crippen molar-refractivity contribution in [2.45, 2.75) is 18.9 Å². The molecule has 2 heterocycles. The summed E-state index contributed by atoms with van der Waals surface area (Å²) in [7, 11) is 0. The Kier molecular flexibility index (Phi) is 4.28. The van der Waals surface area contributed by atoms with Crippen molar-refractivity contribution in [2.24, 2.45) is 0 Å². The normalized spacial score (nSPS) is 16.4. The molecule has 2 aromatic heterocycles. The van der Waals surface area contributed by atoms with Gasteiger partial charge in [-0.05, 0) is 33.5 Å². The molecular weight excluding hydrogens is 378 g/mol.